The number of hydrogen-bond donors (Lipinski definition) is 2. The van der Waals surface area contributed by atoms with E-state index in [4.69, 9.17) is 9.47 Å². The van der Waals surface area contributed by atoms with Gasteiger partial charge in [-0.05, 0) is 6.07 Å². The average Bonchev–Trinajstić information content (AvgIpc) is 2.94. The van der Waals surface area contributed by atoms with Crippen LogP contribution in [0.3, 0.4) is 0 Å². The number of amides is 1. The highest BCUT2D eigenvalue weighted by Crippen LogP contribution is 2.35. The van der Waals surface area contributed by atoms with Crippen LogP contribution in [0.2, 0.25) is 0 Å². The Balaban J connectivity index is 1.92. The van der Waals surface area contributed by atoms with Crippen LogP contribution in [-0.4, -0.2) is 38.4 Å². The maximum Gasteiger partial charge on any atom is 0.329 e. The van der Waals surface area contributed by atoms with Gasteiger partial charge in [0.15, 0.2) is 11.5 Å². The molecule has 2 rings (SSSR count). The summed E-state index contributed by atoms with van der Waals surface area (Å²) in [7, 11) is 1.28. The summed E-state index contributed by atoms with van der Waals surface area (Å²) in [6.45, 7) is 2.31. The maximum absolute atomic E-state index is 11.6. The Morgan fingerprint density at radius 2 is 2.19 bits per heavy atom. The van der Waals surface area contributed by atoms with Gasteiger partial charge in [-0.1, -0.05) is 12.1 Å². The molecule has 7 nitrogen and oxygen atoms in total. The minimum absolute atomic E-state index is 0.211. The van der Waals surface area contributed by atoms with Crippen LogP contribution in [0, 0.1) is 0 Å². The van der Waals surface area contributed by atoms with Crippen LogP contribution in [0.1, 0.15) is 12.5 Å². The third-order valence-electron chi connectivity index (χ3n) is 3.01. The number of carbonyl (C=O) groups excluding carboxylic acids is 2. The number of ether oxygens (including phenoxy) is 3. The summed E-state index contributed by atoms with van der Waals surface area (Å²) in [5.41, 5.74) is 0.927. The Morgan fingerprint density at radius 3 is 2.90 bits per heavy atom. The molecular formula is C14H18N2O5. The van der Waals surface area contributed by atoms with E-state index >= 15 is 0 Å². The Kier molecular flexibility index (Phi) is 4.99. The van der Waals surface area contributed by atoms with Gasteiger partial charge in [0.05, 0.1) is 7.11 Å². The van der Waals surface area contributed by atoms with Crippen molar-refractivity contribution in [2.24, 2.45) is 0 Å². The normalized spacial score (nSPS) is 13.6. The second kappa shape index (κ2) is 6.94. The monoisotopic (exact) mass is 294 g/mol. The van der Waals surface area contributed by atoms with E-state index in [0.717, 1.165) is 5.56 Å². The number of hydrogen-bond acceptors (Lipinski definition) is 6. The van der Waals surface area contributed by atoms with E-state index in [0.29, 0.717) is 18.0 Å². The molecule has 1 amide bonds. The van der Waals surface area contributed by atoms with Crippen LogP contribution in [0.4, 0.5) is 0 Å². The Hall–Kier alpha value is -2.28. The smallest absolute Gasteiger partial charge is 0.329 e. The van der Waals surface area contributed by atoms with Gasteiger partial charge in [0.1, 0.15) is 6.04 Å². The van der Waals surface area contributed by atoms with E-state index < -0.39 is 12.0 Å². The van der Waals surface area contributed by atoms with Crippen molar-refractivity contribution in [2.75, 3.05) is 20.4 Å². The molecule has 0 radical (unpaired) electrons. The zero-order valence-electron chi connectivity index (χ0n) is 12.0. The van der Waals surface area contributed by atoms with Crippen molar-refractivity contribution in [2.45, 2.75) is 19.5 Å². The largest absolute Gasteiger partial charge is 0.467 e. The lowest BCUT2D eigenvalue weighted by Crippen LogP contribution is -2.46. The van der Waals surface area contributed by atoms with Gasteiger partial charge in [-0.15, -0.1) is 0 Å². The molecule has 1 aromatic carbocycles. The van der Waals surface area contributed by atoms with Crippen LogP contribution in [0.15, 0.2) is 18.2 Å². The molecule has 21 heavy (non-hydrogen) atoms. The van der Waals surface area contributed by atoms with Gasteiger partial charge < -0.3 is 24.8 Å². The third kappa shape index (κ3) is 3.85. The standard InChI is InChI=1S/C14H18N2O5/c1-9(17)16-11(14(18)19-2)7-15-6-10-4-3-5-12-13(10)21-8-20-12/h3-5,11,15H,6-8H2,1-2H3,(H,16,17). The molecule has 114 valence electrons. The lowest BCUT2D eigenvalue weighted by atomic mass is 10.2. The highest BCUT2D eigenvalue weighted by Gasteiger charge is 2.21. The third-order valence-corrected chi connectivity index (χ3v) is 3.01. The van der Waals surface area contributed by atoms with E-state index in [1.807, 2.05) is 18.2 Å². The van der Waals surface area contributed by atoms with Crippen LogP contribution >= 0.6 is 0 Å². The first-order valence-electron chi connectivity index (χ1n) is 6.55. The molecule has 0 saturated carbocycles. The van der Waals surface area contributed by atoms with Gasteiger partial charge >= 0.3 is 5.97 Å². The zero-order chi connectivity index (χ0) is 15.2. The van der Waals surface area contributed by atoms with E-state index in [1.165, 1.54) is 14.0 Å². The summed E-state index contributed by atoms with van der Waals surface area (Å²) in [5.74, 6) is 0.639. The van der Waals surface area contributed by atoms with Crippen molar-refractivity contribution in [3.63, 3.8) is 0 Å². The summed E-state index contributed by atoms with van der Waals surface area (Å²) in [5, 5.41) is 5.64. The van der Waals surface area contributed by atoms with Crippen molar-refractivity contribution in [1.82, 2.24) is 10.6 Å². The number of para-hydroxylation sites is 1. The topological polar surface area (TPSA) is 85.9 Å². The maximum atomic E-state index is 11.6. The molecule has 0 bridgehead atoms. The van der Waals surface area contributed by atoms with Gasteiger partial charge in [-0.2, -0.15) is 0 Å². The molecule has 0 spiro atoms. The van der Waals surface area contributed by atoms with Gasteiger partial charge in [-0.3, -0.25) is 4.79 Å². The van der Waals surface area contributed by atoms with Crippen molar-refractivity contribution in [3.05, 3.63) is 23.8 Å². The van der Waals surface area contributed by atoms with Crippen LogP contribution in [-0.2, 0) is 20.9 Å². The number of nitrogens with one attached hydrogen (secondary N) is 2. The highest BCUT2D eigenvalue weighted by atomic mass is 16.7. The molecule has 2 N–H and O–H groups in total. The number of fused-ring (bicyclic) bond motifs is 1. The summed E-state index contributed by atoms with van der Waals surface area (Å²) >= 11 is 0. The van der Waals surface area contributed by atoms with Crippen molar-refractivity contribution < 1.29 is 23.8 Å². The molecule has 0 saturated heterocycles. The number of methoxy groups -OCH3 is 1. The lowest BCUT2D eigenvalue weighted by Gasteiger charge is -2.16. The van der Waals surface area contributed by atoms with Crippen LogP contribution in [0.5, 0.6) is 11.5 Å². The van der Waals surface area contributed by atoms with Gasteiger partial charge in [0.25, 0.3) is 0 Å². The summed E-state index contributed by atoms with van der Waals surface area (Å²) in [6, 6.07) is 4.89. The minimum atomic E-state index is -0.721. The first-order chi connectivity index (χ1) is 10.1. The molecular weight excluding hydrogens is 276 g/mol. The minimum Gasteiger partial charge on any atom is -0.467 e. The Labute approximate surface area is 122 Å². The van der Waals surface area contributed by atoms with E-state index in [9.17, 15) is 9.59 Å². The van der Waals surface area contributed by atoms with E-state index in [2.05, 4.69) is 15.4 Å². The summed E-state index contributed by atoms with van der Waals surface area (Å²) in [4.78, 5) is 22.6. The molecule has 0 aromatic heterocycles. The first kappa shape index (κ1) is 15.1. The second-order valence-electron chi connectivity index (χ2n) is 4.56. The van der Waals surface area contributed by atoms with Crippen molar-refractivity contribution in [1.29, 1.82) is 0 Å². The molecule has 1 atom stereocenters. The molecule has 1 unspecified atom stereocenters. The quantitative estimate of drug-likeness (QED) is 0.728. The molecule has 1 aliphatic heterocycles. The van der Waals surface area contributed by atoms with Gasteiger partial charge in [0, 0.05) is 25.6 Å². The number of rotatable bonds is 6. The van der Waals surface area contributed by atoms with Gasteiger partial charge in [0.2, 0.25) is 12.7 Å². The van der Waals surface area contributed by atoms with Crippen LogP contribution < -0.4 is 20.1 Å². The van der Waals surface area contributed by atoms with E-state index in [-0.39, 0.29) is 19.2 Å². The number of benzene rings is 1. The fraction of sp³-hybridized carbons (Fsp3) is 0.429. The molecule has 1 heterocycles. The fourth-order valence-corrected chi connectivity index (χ4v) is 2.06. The fourth-order valence-electron chi connectivity index (χ4n) is 2.06. The zero-order valence-corrected chi connectivity index (χ0v) is 12.0. The summed E-state index contributed by atoms with van der Waals surface area (Å²) < 4.78 is 15.3. The average molecular weight is 294 g/mol. The number of esters is 1. The van der Waals surface area contributed by atoms with Crippen molar-refractivity contribution >= 4 is 11.9 Å². The molecule has 1 aliphatic rings. The van der Waals surface area contributed by atoms with Gasteiger partial charge in [-0.25, -0.2) is 4.79 Å². The highest BCUT2D eigenvalue weighted by molar-refractivity contribution is 5.83. The Morgan fingerprint density at radius 1 is 1.38 bits per heavy atom. The lowest BCUT2D eigenvalue weighted by molar-refractivity contribution is -0.144. The molecule has 7 heteroatoms. The number of carbonyl (C=O) groups is 2. The molecule has 0 fully saturated rings. The molecule has 1 aromatic rings. The predicted octanol–water partition coefficient (Wildman–Crippen LogP) is 0.183. The molecule has 0 aliphatic carbocycles. The van der Waals surface area contributed by atoms with Crippen molar-refractivity contribution in [3.8, 4) is 11.5 Å². The van der Waals surface area contributed by atoms with Crippen LogP contribution in [0.25, 0.3) is 0 Å². The second-order valence-corrected chi connectivity index (χ2v) is 4.56. The first-order valence-corrected chi connectivity index (χ1v) is 6.55. The summed E-state index contributed by atoms with van der Waals surface area (Å²) in [6.07, 6.45) is 0. The predicted molar refractivity (Wildman–Crippen MR) is 73.9 cm³/mol. The van der Waals surface area contributed by atoms with E-state index in [1.54, 1.807) is 0 Å². The Bertz CT molecular complexity index is 532. The SMILES string of the molecule is COC(=O)C(CNCc1cccc2c1OCO2)NC(C)=O.